The average molecular weight is 418 g/mol. The third-order valence-electron chi connectivity index (χ3n) is 6.11. The van der Waals surface area contributed by atoms with E-state index >= 15 is 0 Å². The molecule has 0 aliphatic carbocycles. The molecule has 0 radical (unpaired) electrons. The molecule has 3 aromatic rings. The van der Waals surface area contributed by atoms with Crippen LogP contribution in [0.4, 0.5) is 5.82 Å². The monoisotopic (exact) mass is 417 g/mol. The van der Waals surface area contributed by atoms with Gasteiger partial charge in [-0.1, -0.05) is 26.0 Å². The van der Waals surface area contributed by atoms with Gasteiger partial charge >= 0.3 is 0 Å². The molecule has 1 saturated heterocycles. The van der Waals surface area contributed by atoms with E-state index < -0.39 is 0 Å². The van der Waals surface area contributed by atoms with Gasteiger partial charge in [0, 0.05) is 42.9 Å². The van der Waals surface area contributed by atoms with E-state index in [1.54, 1.807) is 13.3 Å². The van der Waals surface area contributed by atoms with Crippen molar-refractivity contribution in [2.45, 2.75) is 26.5 Å². The highest BCUT2D eigenvalue weighted by Crippen LogP contribution is 2.39. The first-order valence-corrected chi connectivity index (χ1v) is 10.7. The fraction of sp³-hybridized carbons (Fsp3) is 0.375. The summed E-state index contributed by atoms with van der Waals surface area (Å²) in [6.45, 7) is 7.91. The van der Waals surface area contributed by atoms with E-state index in [9.17, 15) is 0 Å². The second-order valence-electron chi connectivity index (χ2n) is 8.42. The minimum Gasteiger partial charge on any atom is -0.480 e. The molecule has 1 atom stereocenters. The molecule has 0 unspecified atom stereocenters. The van der Waals surface area contributed by atoms with Crippen molar-refractivity contribution in [3.8, 4) is 34.0 Å². The van der Waals surface area contributed by atoms with Crippen LogP contribution in [0.1, 0.15) is 19.4 Å². The number of aromatic nitrogens is 3. The Labute approximate surface area is 182 Å². The number of rotatable bonds is 4. The summed E-state index contributed by atoms with van der Waals surface area (Å²) in [6, 6.07) is 13.0. The Morgan fingerprint density at radius 3 is 2.84 bits per heavy atom. The molecule has 7 heteroatoms. The number of nitrogens with one attached hydrogen (secondary N) is 1. The Morgan fingerprint density at radius 1 is 1.13 bits per heavy atom. The number of nitrogens with zero attached hydrogens (tertiary/aromatic N) is 4. The van der Waals surface area contributed by atoms with Crippen molar-refractivity contribution in [3.63, 3.8) is 0 Å². The zero-order valence-corrected chi connectivity index (χ0v) is 18.1. The van der Waals surface area contributed by atoms with Crippen molar-refractivity contribution < 1.29 is 9.47 Å². The molecule has 1 aromatic carbocycles. The maximum absolute atomic E-state index is 6.09. The highest BCUT2D eigenvalue weighted by molar-refractivity contribution is 5.78. The average Bonchev–Trinajstić information content (AvgIpc) is 2.83. The number of ether oxygens (including phenoxy) is 2. The van der Waals surface area contributed by atoms with Gasteiger partial charge in [0.05, 0.1) is 13.3 Å². The fourth-order valence-electron chi connectivity index (χ4n) is 4.26. The molecule has 31 heavy (non-hydrogen) atoms. The number of benzene rings is 1. The number of piperazine rings is 1. The lowest BCUT2D eigenvalue weighted by atomic mass is 9.95. The Kier molecular flexibility index (Phi) is 5.19. The van der Waals surface area contributed by atoms with Crippen LogP contribution < -0.4 is 19.7 Å². The summed E-state index contributed by atoms with van der Waals surface area (Å²) in [5, 5.41) is 11.6. The lowest BCUT2D eigenvalue weighted by molar-refractivity contribution is 0.289. The van der Waals surface area contributed by atoms with Crippen LogP contribution in [-0.2, 0) is 6.61 Å². The van der Waals surface area contributed by atoms with Gasteiger partial charge < -0.3 is 19.7 Å². The normalized spacial score (nSPS) is 17.7. The van der Waals surface area contributed by atoms with Gasteiger partial charge in [-0.3, -0.25) is 0 Å². The van der Waals surface area contributed by atoms with Gasteiger partial charge in [-0.15, -0.1) is 5.10 Å². The Bertz CT molecular complexity index is 1100. The van der Waals surface area contributed by atoms with Gasteiger partial charge in [0.15, 0.2) is 0 Å². The summed E-state index contributed by atoms with van der Waals surface area (Å²) in [5.41, 5.74) is 5.37. The fourth-order valence-corrected chi connectivity index (χ4v) is 4.26. The Balaban J connectivity index is 1.43. The van der Waals surface area contributed by atoms with Crippen LogP contribution in [0.5, 0.6) is 11.8 Å². The third kappa shape index (κ3) is 3.81. The van der Waals surface area contributed by atoms with Crippen molar-refractivity contribution in [2.75, 3.05) is 31.6 Å². The minimum absolute atomic E-state index is 0.480. The number of hydrogen-bond acceptors (Lipinski definition) is 7. The van der Waals surface area contributed by atoms with Crippen molar-refractivity contribution in [3.05, 3.63) is 48.2 Å². The molecule has 4 heterocycles. The summed E-state index contributed by atoms with van der Waals surface area (Å²) >= 11 is 0. The van der Waals surface area contributed by atoms with E-state index in [-0.39, 0.29) is 0 Å². The highest BCUT2D eigenvalue weighted by Gasteiger charge is 2.25. The maximum atomic E-state index is 6.09. The lowest BCUT2D eigenvalue weighted by Crippen LogP contribution is -2.53. The quantitative estimate of drug-likeness (QED) is 0.696. The molecule has 1 fully saturated rings. The van der Waals surface area contributed by atoms with E-state index in [4.69, 9.17) is 14.5 Å². The van der Waals surface area contributed by atoms with Crippen LogP contribution in [0.3, 0.4) is 0 Å². The van der Waals surface area contributed by atoms with E-state index in [0.717, 1.165) is 47.7 Å². The summed E-state index contributed by atoms with van der Waals surface area (Å²) in [5.74, 6) is 2.79. The third-order valence-corrected chi connectivity index (χ3v) is 6.11. The molecule has 160 valence electrons. The van der Waals surface area contributed by atoms with Gasteiger partial charge in [-0.05, 0) is 40.8 Å². The van der Waals surface area contributed by atoms with Crippen LogP contribution >= 0.6 is 0 Å². The Hall–Kier alpha value is -3.19. The first-order valence-electron chi connectivity index (χ1n) is 10.7. The van der Waals surface area contributed by atoms with Crippen molar-refractivity contribution in [2.24, 2.45) is 5.92 Å². The number of fused-ring (bicyclic) bond motifs is 3. The van der Waals surface area contributed by atoms with E-state index in [0.29, 0.717) is 30.3 Å². The molecule has 2 aromatic heterocycles. The van der Waals surface area contributed by atoms with Crippen molar-refractivity contribution >= 4 is 5.82 Å². The summed E-state index contributed by atoms with van der Waals surface area (Å²) < 4.78 is 11.3. The van der Waals surface area contributed by atoms with Crippen molar-refractivity contribution in [1.82, 2.24) is 20.5 Å². The SMILES string of the molecule is COc1cc(-c2ccc3c(c2)COc2nc(N4CCN[C@H](C(C)C)C4)ccc2-3)cnn1. The van der Waals surface area contributed by atoms with Crippen molar-refractivity contribution in [1.29, 1.82) is 0 Å². The number of methoxy groups -OCH3 is 1. The molecule has 5 rings (SSSR count). The predicted molar refractivity (Wildman–Crippen MR) is 120 cm³/mol. The summed E-state index contributed by atoms with van der Waals surface area (Å²) in [4.78, 5) is 7.23. The molecule has 0 bridgehead atoms. The number of pyridine rings is 1. The zero-order valence-electron chi connectivity index (χ0n) is 18.1. The van der Waals surface area contributed by atoms with Gasteiger partial charge in [-0.25, -0.2) is 0 Å². The first kappa shape index (κ1) is 19.8. The Morgan fingerprint density at radius 2 is 2.00 bits per heavy atom. The van der Waals surface area contributed by atoms with Crippen LogP contribution in [0, 0.1) is 5.92 Å². The van der Waals surface area contributed by atoms with Gasteiger partial charge in [0.2, 0.25) is 11.8 Å². The van der Waals surface area contributed by atoms with E-state index in [1.807, 2.05) is 6.07 Å². The van der Waals surface area contributed by atoms with Crippen LogP contribution in [-0.4, -0.2) is 48.0 Å². The molecular weight excluding hydrogens is 390 g/mol. The van der Waals surface area contributed by atoms with Gasteiger partial charge in [-0.2, -0.15) is 10.1 Å². The van der Waals surface area contributed by atoms with Gasteiger partial charge in [0.25, 0.3) is 0 Å². The molecule has 0 spiro atoms. The molecular formula is C24H27N5O2. The standard InChI is InChI=1S/C24H27N5O2/c1-15(2)21-13-29(9-8-25-21)22-7-6-20-19-5-4-16(10-18(19)14-31-24(20)27-22)17-11-23(30-3)28-26-12-17/h4-7,10-12,15,21,25H,8-9,13-14H2,1-3H3/t21-/m0/s1. The minimum atomic E-state index is 0.480. The molecule has 1 N–H and O–H groups in total. The van der Waals surface area contributed by atoms with E-state index in [2.05, 4.69) is 64.6 Å². The second kappa shape index (κ2) is 8.15. The maximum Gasteiger partial charge on any atom is 0.233 e. The smallest absolute Gasteiger partial charge is 0.233 e. The molecule has 0 amide bonds. The van der Waals surface area contributed by atoms with Crippen LogP contribution in [0.2, 0.25) is 0 Å². The molecule has 2 aliphatic rings. The van der Waals surface area contributed by atoms with Crippen LogP contribution in [0.25, 0.3) is 22.3 Å². The highest BCUT2D eigenvalue weighted by atomic mass is 16.5. The second-order valence-corrected chi connectivity index (χ2v) is 8.42. The zero-order chi connectivity index (χ0) is 21.4. The predicted octanol–water partition coefficient (Wildman–Crippen LogP) is 3.54. The number of anilines is 1. The summed E-state index contributed by atoms with van der Waals surface area (Å²) in [6.07, 6.45) is 1.74. The largest absolute Gasteiger partial charge is 0.480 e. The topological polar surface area (TPSA) is 72.4 Å². The van der Waals surface area contributed by atoms with Gasteiger partial charge in [0.1, 0.15) is 12.4 Å². The van der Waals surface area contributed by atoms with Crippen LogP contribution in [0.15, 0.2) is 42.6 Å². The molecule has 7 nitrogen and oxygen atoms in total. The lowest BCUT2D eigenvalue weighted by Gasteiger charge is -2.36. The first-order chi connectivity index (χ1) is 15.1. The molecule has 2 aliphatic heterocycles. The van der Waals surface area contributed by atoms with E-state index in [1.165, 1.54) is 5.56 Å². The number of hydrogen-bond donors (Lipinski definition) is 1. The summed E-state index contributed by atoms with van der Waals surface area (Å²) in [7, 11) is 1.59. The molecule has 0 saturated carbocycles.